The van der Waals surface area contributed by atoms with Crippen molar-refractivity contribution in [1.29, 1.82) is 0 Å². The molecule has 320 valence electrons. The van der Waals surface area contributed by atoms with Crippen LogP contribution in [-0.4, -0.2) is 73.4 Å². The smallest absolute Gasteiger partial charge is 0.337 e. The number of likely N-dealkylation sites (tertiary alicyclic amines) is 2. The number of carbonyl (C=O) groups is 4. The number of benzene rings is 4. The van der Waals surface area contributed by atoms with Gasteiger partial charge in [0.15, 0.2) is 5.78 Å². The minimum absolute atomic E-state index is 0.000949. The molecule has 2 aliphatic heterocycles. The molecule has 6 rings (SSSR count). The number of carbonyl (C=O) groups excluding carboxylic acids is 4. The van der Waals surface area contributed by atoms with Gasteiger partial charge < -0.3 is 20.3 Å². The van der Waals surface area contributed by atoms with Gasteiger partial charge in [-0.25, -0.2) is 14.4 Å². The Kier molecular flexibility index (Phi) is 15.7. The maximum absolute atomic E-state index is 13.4. The fraction of sp³-hybridized carbons (Fsp3) is 0.440. The van der Waals surface area contributed by atoms with Crippen LogP contribution in [0.2, 0.25) is 0 Å². The number of nitrogens with two attached hydrogens (primary N) is 1. The maximum Gasteiger partial charge on any atom is 0.337 e. The zero-order chi connectivity index (χ0) is 43.5. The Labute approximate surface area is 357 Å². The lowest BCUT2D eigenvalue weighted by molar-refractivity contribution is 0.0600. The molecule has 60 heavy (non-hydrogen) atoms. The third-order valence-electron chi connectivity index (χ3n) is 11.3. The number of ketones is 1. The summed E-state index contributed by atoms with van der Waals surface area (Å²) in [5.74, 6) is -0.443. The van der Waals surface area contributed by atoms with Crippen LogP contribution in [0.4, 0.5) is 21.0 Å². The Balaban J connectivity index is 0.000000228. The number of urea groups is 2. The zero-order valence-electron chi connectivity index (χ0n) is 36.8. The van der Waals surface area contributed by atoms with E-state index in [2.05, 4.69) is 65.8 Å². The maximum atomic E-state index is 13.4. The van der Waals surface area contributed by atoms with Crippen molar-refractivity contribution in [3.63, 3.8) is 0 Å². The molecule has 0 atom stereocenters. The van der Waals surface area contributed by atoms with Crippen LogP contribution in [0, 0.1) is 0 Å². The van der Waals surface area contributed by atoms with Gasteiger partial charge in [0.2, 0.25) is 0 Å². The lowest BCUT2D eigenvalue weighted by Gasteiger charge is -2.33. The molecule has 0 bridgehead atoms. The van der Waals surface area contributed by atoms with Crippen LogP contribution in [0.25, 0.3) is 0 Å². The molecule has 2 aliphatic rings. The summed E-state index contributed by atoms with van der Waals surface area (Å²) in [6.07, 6.45) is 6.57. The van der Waals surface area contributed by atoms with Crippen molar-refractivity contribution in [1.82, 2.24) is 9.80 Å². The molecule has 0 radical (unpaired) electrons. The normalized spacial score (nSPS) is 14.4. The minimum atomic E-state index is -0.361. The van der Waals surface area contributed by atoms with E-state index in [9.17, 15) is 19.2 Å². The first kappa shape index (κ1) is 45.6. The SMILES string of the molecule is CC(C)(C)c1ccc(N(Cc2ccc(C(=O)CN)cc2)C(=O)N2CCCCC2)cc1.COC(=O)c1ccc(CN(C(=O)N2CCCCC2)c2ccc(C(C)(C)C)cc2)cc1. The van der Waals surface area contributed by atoms with Gasteiger partial charge in [-0.05, 0) is 108 Å². The average Bonchev–Trinajstić information content (AvgIpc) is 3.27. The molecule has 4 amide bonds. The number of nitrogens with zero attached hydrogens (tertiary/aromatic N) is 4. The van der Waals surface area contributed by atoms with Crippen LogP contribution in [0.15, 0.2) is 97.1 Å². The van der Waals surface area contributed by atoms with Crippen molar-refractivity contribution in [3.05, 3.63) is 130 Å². The predicted octanol–water partition coefficient (Wildman–Crippen LogP) is 10.1. The molecular weight excluding hydrogens is 751 g/mol. The first-order valence-corrected chi connectivity index (χ1v) is 21.4. The van der Waals surface area contributed by atoms with E-state index in [0.29, 0.717) is 24.2 Å². The Morgan fingerprint density at radius 3 is 1.20 bits per heavy atom. The van der Waals surface area contributed by atoms with E-state index in [0.717, 1.165) is 74.4 Å². The third-order valence-corrected chi connectivity index (χ3v) is 11.3. The molecule has 2 fully saturated rings. The number of anilines is 2. The Bertz CT molecular complexity index is 1870. The summed E-state index contributed by atoms with van der Waals surface area (Å²) >= 11 is 0. The highest BCUT2D eigenvalue weighted by Gasteiger charge is 2.27. The molecule has 0 unspecified atom stereocenters. The van der Waals surface area contributed by atoms with Crippen molar-refractivity contribution >= 4 is 35.2 Å². The van der Waals surface area contributed by atoms with Crippen LogP contribution >= 0.6 is 0 Å². The molecule has 4 aromatic rings. The van der Waals surface area contributed by atoms with Crippen LogP contribution < -0.4 is 15.5 Å². The topological polar surface area (TPSA) is 116 Å². The molecule has 0 saturated carbocycles. The van der Waals surface area contributed by atoms with Gasteiger partial charge in [-0.2, -0.15) is 0 Å². The second-order valence-corrected chi connectivity index (χ2v) is 17.9. The number of piperidine rings is 2. The van der Waals surface area contributed by atoms with Gasteiger partial charge in [-0.3, -0.25) is 14.6 Å². The van der Waals surface area contributed by atoms with Gasteiger partial charge in [0.1, 0.15) is 0 Å². The monoisotopic (exact) mass is 815 g/mol. The Hall–Kier alpha value is -5.48. The highest BCUT2D eigenvalue weighted by Crippen LogP contribution is 2.29. The summed E-state index contributed by atoms with van der Waals surface area (Å²) in [6.45, 7) is 17.2. The second-order valence-electron chi connectivity index (χ2n) is 17.9. The summed E-state index contributed by atoms with van der Waals surface area (Å²) < 4.78 is 4.77. The molecule has 10 nitrogen and oxygen atoms in total. The van der Waals surface area contributed by atoms with Crippen molar-refractivity contribution in [2.45, 2.75) is 104 Å². The van der Waals surface area contributed by atoms with Crippen molar-refractivity contribution < 1.29 is 23.9 Å². The highest BCUT2D eigenvalue weighted by atomic mass is 16.5. The number of Topliss-reactive ketones (excluding diaryl/α,β-unsaturated/α-hetero) is 1. The largest absolute Gasteiger partial charge is 0.465 e. The van der Waals surface area contributed by atoms with Gasteiger partial charge in [-0.1, -0.05) is 102 Å². The van der Waals surface area contributed by atoms with E-state index in [1.54, 1.807) is 24.3 Å². The highest BCUT2D eigenvalue weighted by molar-refractivity contribution is 5.97. The Morgan fingerprint density at radius 2 is 0.883 bits per heavy atom. The Morgan fingerprint density at radius 1 is 0.533 bits per heavy atom. The summed E-state index contributed by atoms with van der Waals surface area (Å²) in [4.78, 5) is 57.9. The van der Waals surface area contributed by atoms with Crippen LogP contribution in [0.1, 0.15) is 123 Å². The molecule has 2 saturated heterocycles. The number of methoxy groups -OCH3 is 1. The first-order valence-electron chi connectivity index (χ1n) is 21.4. The zero-order valence-corrected chi connectivity index (χ0v) is 36.8. The fourth-order valence-corrected chi connectivity index (χ4v) is 7.48. The van der Waals surface area contributed by atoms with Crippen LogP contribution in [-0.2, 0) is 28.7 Å². The lowest BCUT2D eigenvalue weighted by atomic mass is 9.87. The lowest BCUT2D eigenvalue weighted by Crippen LogP contribution is -2.45. The molecule has 0 spiro atoms. The van der Waals surface area contributed by atoms with E-state index >= 15 is 0 Å². The third kappa shape index (κ3) is 12.3. The number of rotatable bonds is 9. The van der Waals surface area contributed by atoms with E-state index in [1.807, 2.05) is 68.1 Å². The van der Waals surface area contributed by atoms with Gasteiger partial charge in [0.05, 0.1) is 32.3 Å². The number of hydrogen-bond donors (Lipinski definition) is 1. The number of esters is 1. The van der Waals surface area contributed by atoms with E-state index in [-0.39, 0.29) is 41.2 Å². The summed E-state index contributed by atoms with van der Waals surface area (Å²) in [7, 11) is 1.37. The van der Waals surface area contributed by atoms with E-state index in [4.69, 9.17) is 10.5 Å². The van der Waals surface area contributed by atoms with Gasteiger partial charge >= 0.3 is 18.0 Å². The fourth-order valence-electron chi connectivity index (χ4n) is 7.48. The summed E-state index contributed by atoms with van der Waals surface area (Å²) in [6, 6.07) is 31.3. The molecule has 4 aromatic carbocycles. The quantitative estimate of drug-likeness (QED) is 0.133. The van der Waals surface area contributed by atoms with Gasteiger partial charge in [0, 0.05) is 43.1 Å². The van der Waals surface area contributed by atoms with Crippen molar-refractivity contribution in [2.75, 3.05) is 49.6 Å². The average molecular weight is 816 g/mol. The molecule has 2 heterocycles. The van der Waals surface area contributed by atoms with Crippen LogP contribution in [0.3, 0.4) is 0 Å². The number of ether oxygens (including phenoxy) is 1. The number of hydrogen-bond acceptors (Lipinski definition) is 6. The number of amides is 4. The molecule has 10 heteroatoms. The van der Waals surface area contributed by atoms with Crippen LogP contribution in [0.5, 0.6) is 0 Å². The predicted molar refractivity (Wildman–Crippen MR) is 242 cm³/mol. The molecule has 0 aliphatic carbocycles. The van der Waals surface area contributed by atoms with Crippen molar-refractivity contribution in [3.8, 4) is 0 Å². The van der Waals surface area contributed by atoms with Gasteiger partial charge in [-0.15, -0.1) is 0 Å². The summed E-state index contributed by atoms with van der Waals surface area (Å²) in [5.41, 5.74) is 12.9. The molecular formula is C50H65N5O5. The first-order chi connectivity index (χ1) is 28.6. The molecule has 2 N–H and O–H groups in total. The minimum Gasteiger partial charge on any atom is -0.465 e. The van der Waals surface area contributed by atoms with E-state index in [1.165, 1.54) is 31.1 Å². The van der Waals surface area contributed by atoms with Crippen molar-refractivity contribution in [2.24, 2.45) is 5.73 Å². The van der Waals surface area contributed by atoms with E-state index < -0.39 is 0 Å². The van der Waals surface area contributed by atoms with Gasteiger partial charge in [0.25, 0.3) is 0 Å². The standard InChI is InChI=1S/C25H33N3O2.C25H32N2O3/c1-25(2,3)21-11-13-22(14-12-21)28(24(30)27-15-5-4-6-16-27)18-19-7-9-20(10-8-19)23(29)17-26;1-25(2,3)21-12-14-22(15-13-21)27(24(29)26-16-6-5-7-17-26)18-19-8-10-20(11-9-19)23(28)30-4/h7-14H,4-6,15-18,26H2,1-3H3;8-15H,5-7,16-18H2,1-4H3. The second kappa shape index (κ2) is 20.7. The molecule has 0 aromatic heterocycles. The summed E-state index contributed by atoms with van der Waals surface area (Å²) in [5, 5.41) is 0.